The Hall–Kier alpha value is -1.85. The van der Waals surface area contributed by atoms with Gasteiger partial charge in [-0.1, -0.05) is 30.3 Å². The SMILES string of the molecule is CN1CCN(CCn2ccc(N)n2)C(c2ccccc2)C1. The van der Waals surface area contributed by atoms with Gasteiger partial charge in [0.2, 0.25) is 0 Å². The van der Waals surface area contributed by atoms with Crippen LogP contribution in [0.15, 0.2) is 42.6 Å². The highest BCUT2D eigenvalue weighted by Crippen LogP contribution is 2.24. The number of hydrogen-bond donors (Lipinski definition) is 1. The Morgan fingerprint density at radius 2 is 1.95 bits per heavy atom. The van der Waals surface area contributed by atoms with Gasteiger partial charge in [0.1, 0.15) is 5.82 Å². The lowest BCUT2D eigenvalue weighted by atomic mass is 10.0. The summed E-state index contributed by atoms with van der Waals surface area (Å²) in [5.41, 5.74) is 7.06. The van der Waals surface area contributed by atoms with Crippen molar-refractivity contribution in [2.75, 3.05) is 39.0 Å². The highest BCUT2D eigenvalue weighted by atomic mass is 15.3. The van der Waals surface area contributed by atoms with Crippen LogP contribution in [0.3, 0.4) is 0 Å². The predicted octanol–water partition coefficient (Wildman–Crippen LogP) is 1.45. The minimum absolute atomic E-state index is 0.456. The number of hydrogen-bond acceptors (Lipinski definition) is 4. The van der Waals surface area contributed by atoms with Crippen LogP contribution in [0.4, 0.5) is 5.82 Å². The van der Waals surface area contributed by atoms with Crippen molar-refractivity contribution in [3.05, 3.63) is 48.2 Å². The summed E-state index contributed by atoms with van der Waals surface area (Å²) in [6, 6.07) is 13.1. The van der Waals surface area contributed by atoms with Crippen molar-refractivity contribution in [2.24, 2.45) is 0 Å². The summed E-state index contributed by atoms with van der Waals surface area (Å²) in [5, 5.41) is 4.27. The Kier molecular flexibility index (Phi) is 4.22. The summed E-state index contributed by atoms with van der Waals surface area (Å²) in [4.78, 5) is 4.95. The van der Waals surface area contributed by atoms with Crippen LogP contribution in [0.25, 0.3) is 0 Å². The molecular weight excluding hydrogens is 262 g/mol. The molecule has 1 saturated heterocycles. The van der Waals surface area contributed by atoms with Gasteiger partial charge in [-0.15, -0.1) is 0 Å². The summed E-state index contributed by atoms with van der Waals surface area (Å²) in [5.74, 6) is 0.591. The van der Waals surface area contributed by atoms with Crippen LogP contribution in [-0.4, -0.2) is 52.8 Å². The highest BCUT2D eigenvalue weighted by Gasteiger charge is 2.26. The van der Waals surface area contributed by atoms with Gasteiger partial charge in [-0.3, -0.25) is 9.58 Å². The highest BCUT2D eigenvalue weighted by molar-refractivity contribution is 5.23. The Balaban J connectivity index is 1.69. The van der Waals surface area contributed by atoms with Crippen LogP contribution in [0.5, 0.6) is 0 Å². The van der Waals surface area contributed by atoms with Gasteiger partial charge in [0.05, 0.1) is 6.54 Å². The Morgan fingerprint density at radius 3 is 2.67 bits per heavy atom. The van der Waals surface area contributed by atoms with Crippen molar-refractivity contribution < 1.29 is 0 Å². The largest absolute Gasteiger partial charge is 0.382 e. The number of piperazine rings is 1. The zero-order valence-corrected chi connectivity index (χ0v) is 12.5. The summed E-state index contributed by atoms with van der Waals surface area (Å²) in [7, 11) is 2.20. The summed E-state index contributed by atoms with van der Waals surface area (Å²) in [6.45, 7) is 5.15. The van der Waals surface area contributed by atoms with E-state index in [0.29, 0.717) is 11.9 Å². The van der Waals surface area contributed by atoms with Crippen LogP contribution >= 0.6 is 0 Å². The quantitative estimate of drug-likeness (QED) is 0.924. The smallest absolute Gasteiger partial charge is 0.145 e. The summed E-state index contributed by atoms with van der Waals surface area (Å²) in [6.07, 6.45) is 1.95. The molecule has 2 N–H and O–H groups in total. The normalized spacial score (nSPS) is 20.7. The van der Waals surface area contributed by atoms with Gasteiger partial charge in [-0.25, -0.2) is 0 Å². The van der Waals surface area contributed by atoms with Crippen LogP contribution in [0.2, 0.25) is 0 Å². The van der Waals surface area contributed by atoms with Crippen molar-refractivity contribution in [3.8, 4) is 0 Å². The molecule has 1 unspecified atom stereocenters. The van der Waals surface area contributed by atoms with Gasteiger partial charge in [-0.2, -0.15) is 5.10 Å². The van der Waals surface area contributed by atoms with Crippen molar-refractivity contribution in [2.45, 2.75) is 12.6 Å². The molecule has 1 aliphatic heterocycles. The van der Waals surface area contributed by atoms with E-state index >= 15 is 0 Å². The van der Waals surface area contributed by atoms with Crippen molar-refractivity contribution in [1.82, 2.24) is 19.6 Å². The molecule has 2 heterocycles. The molecule has 0 aliphatic carbocycles. The van der Waals surface area contributed by atoms with Gasteiger partial charge in [-0.05, 0) is 18.7 Å². The zero-order valence-electron chi connectivity index (χ0n) is 12.5. The van der Waals surface area contributed by atoms with E-state index in [2.05, 4.69) is 52.3 Å². The lowest BCUT2D eigenvalue weighted by Gasteiger charge is -2.40. The number of rotatable bonds is 4. The molecular formula is C16H23N5. The lowest BCUT2D eigenvalue weighted by molar-refractivity contribution is 0.0856. The minimum Gasteiger partial charge on any atom is -0.382 e. The maximum absolute atomic E-state index is 5.67. The third kappa shape index (κ3) is 3.43. The molecule has 5 nitrogen and oxygen atoms in total. The first kappa shape index (κ1) is 14.1. The van der Waals surface area contributed by atoms with Crippen LogP contribution < -0.4 is 5.73 Å². The van der Waals surface area contributed by atoms with Crippen molar-refractivity contribution in [1.29, 1.82) is 0 Å². The number of nitrogens with two attached hydrogens (primary N) is 1. The molecule has 1 fully saturated rings. The van der Waals surface area contributed by atoms with Gasteiger partial charge >= 0.3 is 0 Å². The van der Waals surface area contributed by atoms with Crippen molar-refractivity contribution in [3.63, 3.8) is 0 Å². The van der Waals surface area contributed by atoms with Gasteiger partial charge in [0.15, 0.2) is 0 Å². The third-order valence-electron chi connectivity index (χ3n) is 4.16. The molecule has 0 amide bonds. The number of nitrogens with zero attached hydrogens (tertiary/aromatic N) is 4. The second-order valence-corrected chi connectivity index (χ2v) is 5.73. The molecule has 0 bridgehead atoms. The third-order valence-corrected chi connectivity index (χ3v) is 4.16. The number of aromatic nitrogens is 2. The van der Waals surface area contributed by atoms with Gasteiger partial charge in [0.25, 0.3) is 0 Å². The fraction of sp³-hybridized carbons (Fsp3) is 0.438. The van der Waals surface area contributed by atoms with E-state index in [1.54, 1.807) is 0 Å². The second kappa shape index (κ2) is 6.28. The molecule has 5 heteroatoms. The van der Waals surface area contributed by atoms with E-state index in [4.69, 9.17) is 5.73 Å². The van der Waals surface area contributed by atoms with Crippen LogP contribution in [0.1, 0.15) is 11.6 Å². The lowest BCUT2D eigenvalue weighted by Crippen LogP contribution is -2.47. The molecule has 1 atom stereocenters. The van der Waals surface area contributed by atoms with Gasteiger partial charge < -0.3 is 10.6 Å². The predicted molar refractivity (Wildman–Crippen MR) is 84.9 cm³/mol. The second-order valence-electron chi connectivity index (χ2n) is 5.73. The average molecular weight is 285 g/mol. The number of likely N-dealkylation sites (N-methyl/N-ethyl adjacent to an activating group) is 1. The molecule has 0 radical (unpaired) electrons. The first-order valence-corrected chi connectivity index (χ1v) is 7.49. The van der Waals surface area contributed by atoms with E-state index in [1.165, 1.54) is 5.56 Å². The molecule has 1 aromatic heterocycles. The Bertz CT molecular complexity index is 565. The Morgan fingerprint density at radius 1 is 1.14 bits per heavy atom. The maximum atomic E-state index is 5.67. The van der Waals surface area contributed by atoms with E-state index in [1.807, 2.05) is 16.9 Å². The monoisotopic (exact) mass is 285 g/mol. The standard InChI is InChI=1S/C16H23N5/c1-19-9-10-20(11-12-21-8-7-16(17)18-21)15(13-19)14-5-3-2-4-6-14/h2-8,15H,9-13H2,1H3,(H2,17,18). The molecule has 112 valence electrons. The summed E-state index contributed by atoms with van der Waals surface area (Å²) >= 11 is 0. The molecule has 1 aromatic carbocycles. The molecule has 0 saturated carbocycles. The fourth-order valence-electron chi connectivity index (χ4n) is 2.95. The van der Waals surface area contributed by atoms with Gasteiger partial charge in [0, 0.05) is 38.4 Å². The van der Waals surface area contributed by atoms with Crippen LogP contribution in [0, 0.1) is 0 Å². The number of benzene rings is 1. The molecule has 1 aliphatic rings. The zero-order chi connectivity index (χ0) is 14.7. The number of nitrogen functional groups attached to an aromatic ring is 1. The van der Waals surface area contributed by atoms with E-state index in [-0.39, 0.29) is 0 Å². The van der Waals surface area contributed by atoms with E-state index < -0.39 is 0 Å². The first-order valence-electron chi connectivity index (χ1n) is 7.49. The molecule has 2 aromatic rings. The fourth-order valence-corrected chi connectivity index (χ4v) is 2.95. The van der Waals surface area contributed by atoms with E-state index in [9.17, 15) is 0 Å². The first-order chi connectivity index (χ1) is 10.2. The van der Waals surface area contributed by atoms with Crippen LogP contribution in [-0.2, 0) is 6.54 Å². The molecule has 3 rings (SSSR count). The average Bonchev–Trinajstić information content (AvgIpc) is 2.92. The van der Waals surface area contributed by atoms with E-state index in [0.717, 1.165) is 32.7 Å². The maximum Gasteiger partial charge on any atom is 0.145 e. The Labute approximate surface area is 126 Å². The summed E-state index contributed by atoms with van der Waals surface area (Å²) < 4.78 is 1.93. The molecule has 0 spiro atoms. The van der Waals surface area contributed by atoms with Crippen molar-refractivity contribution >= 4 is 5.82 Å². The molecule has 21 heavy (non-hydrogen) atoms. The topological polar surface area (TPSA) is 50.3 Å². The minimum atomic E-state index is 0.456. The number of anilines is 1.